The number of carboxylic acids is 1. The van der Waals surface area contributed by atoms with Gasteiger partial charge in [0, 0.05) is 4.90 Å². The Hall–Kier alpha value is -1.63. The highest BCUT2D eigenvalue weighted by Crippen LogP contribution is 2.20. The van der Waals surface area contributed by atoms with Crippen molar-refractivity contribution in [2.45, 2.75) is 30.7 Å². The second-order valence-electron chi connectivity index (χ2n) is 4.11. The zero-order valence-electron chi connectivity index (χ0n) is 10.9. The van der Waals surface area contributed by atoms with Crippen molar-refractivity contribution in [3.8, 4) is 0 Å². The van der Waals surface area contributed by atoms with E-state index in [1.54, 1.807) is 0 Å². The number of thioether (sulfide) groups is 1. The molecule has 1 amide bonds. The van der Waals surface area contributed by atoms with Crippen LogP contribution >= 0.6 is 11.8 Å². The van der Waals surface area contributed by atoms with Gasteiger partial charge in [0.2, 0.25) is 5.91 Å². The molecule has 20 heavy (non-hydrogen) atoms. The molecule has 0 bridgehead atoms. The summed E-state index contributed by atoms with van der Waals surface area (Å²) in [5, 5.41) is 11.3. The predicted octanol–water partition coefficient (Wildman–Crippen LogP) is 2.43. The summed E-state index contributed by atoms with van der Waals surface area (Å²) in [6, 6.07) is 2.41. The maximum absolute atomic E-state index is 13.0. The molecule has 1 rings (SSSR count). The number of benzene rings is 1. The molecule has 7 heteroatoms. The first-order valence-corrected chi connectivity index (χ1v) is 7.02. The summed E-state index contributed by atoms with van der Waals surface area (Å²) >= 11 is 1.01. The number of aliphatic carboxylic acids is 1. The van der Waals surface area contributed by atoms with Crippen LogP contribution in [0, 0.1) is 11.6 Å². The fraction of sp³-hybridized carbons (Fsp3) is 0.385. The maximum atomic E-state index is 13.0. The third-order valence-electron chi connectivity index (χ3n) is 2.47. The lowest BCUT2D eigenvalue weighted by Crippen LogP contribution is -2.41. The second kappa shape index (κ2) is 7.84. The Balaban J connectivity index is 2.50. The zero-order chi connectivity index (χ0) is 15.1. The Morgan fingerprint density at radius 1 is 1.35 bits per heavy atom. The lowest BCUT2D eigenvalue weighted by molar-refractivity contribution is -0.141. The van der Waals surface area contributed by atoms with Crippen molar-refractivity contribution in [1.82, 2.24) is 5.32 Å². The Bertz CT molecular complexity index is 497. The number of amides is 1. The fourth-order valence-electron chi connectivity index (χ4n) is 1.50. The first-order chi connectivity index (χ1) is 9.43. The van der Waals surface area contributed by atoms with Crippen LogP contribution in [-0.4, -0.2) is 28.8 Å². The van der Waals surface area contributed by atoms with Crippen molar-refractivity contribution >= 4 is 23.6 Å². The van der Waals surface area contributed by atoms with Crippen molar-refractivity contribution in [2.24, 2.45) is 0 Å². The summed E-state index contributed by atoms with van der Waals surface area (Å²) in [5.41, 5.74) is 0. The van der Waals surface area contributed by atoms with E-state index in [0.29, 0.717) is 17.7 Å². The van der Waals surface area contributed by atoms with Gasteiger partial charge < -0.3 is 10.4 Å². The van der Waals surface area contributed by atoms with E-state index in [4.69, 9.17) is 5.11 Å². The summed E-state index contributed by atoms with van der Waals surface area (Å²) in [4.78, 5) is 22.9. The number of hydrogen-bond donors (Lipinski definition) is 2. The summed E-state index contributed by atoms with van der Waals surface area (Å²) in [5.74, 6) is -3.53. The predicted molar refractivity (Wildman–Crippen MR) is 71.6 cm³/mol. The minimum Gasteiger partial charge on any atom is -0.480 e. The third-order valence-corrected chi connectivity index (χ3v) is 3.47. The topological polar surface area (TPSA) is 66.4 Å². The van der Waals surface area contributed by atoms with E-state index >= 15 is 0 Å². The molecule has 0 radical (unpaired) electrons. The average molecular weight is 303 g/mol. The molecular formula is C13H15F2NO3S. The third kappa shape index (κ3) is 5.16. The molecule has 0 aromatic heterocycles. The normalized spacial score (nSPS) is 11.9. The number of carbonyl (C=O) groups excluding carboxylic acids is 1. The van der Waals surface area contributed by atoms with Crippen molar-refractivity contribution in [2.75, 3.05) is 5.75 Å². The molecule has 1 aromatic carbocycles. The summed E-state index contributed by atoms with van der Waals surface area (Å²) in [6.45, 7) is 1.82. The molecule has 0 aliphatic carbocycles. The molecule has 0 saturated carbocycles. The van der Waals surface area contributed by atoms with Gasteiger partial charge in [0.15, 0.2) is 11.6 Å². The van der Waals surface area contributed by atoms with E-state index < -0.39 is 29.6 Å². The lowest BCUT2D eigenvalue weighted by atomic mass is 10.2. The molecule has 0 fully saturated rings. The largest absolute Gasteiger partial charge is 0.480 e. The first kappa shape index (κ1) is 16.4. The minimum atomic E-state index is -1.09. The van der Waals surface area contributed by atoms with Crippen LogP contribution in [0.15, 0.2) is 23.1 Å². The standard InChI is InChI=1S/C13H15F2NO3S/c1-2-3-11(13(18)19)16-12(17)7-20-8-4-5-9(14)10(15)6-8/h4-6,11H,2-3,7H2,1H3,(H,16,17)(H,18,19)/t11-/m1/s1. The number of carboxylic acid groups (broad SMARTS) is 1. The maximum Gasteiger partial charge on any atom is 0.326 e. The number of rotatable bonds is 7. The Kier molecular flexibility index (Phi) is 6.44. The minimum absolute atomic E-state index is 0.0570. The molecule has 0 spiro atoms. The number of halogens is 2. The lowest BCUT2D eigenvalue weighted by Gasteiger charge is -2.13. The van der Waals surface area contributed by atoms with Crippen LogP contribution in [0.5, 0.6) is 0 Å². The van der Waals surface area contributed by atoms with Gasteiger partial charge in [-0.2, -0.15) is 0 Å². The van der Waals surface area contributed by atoms with Gasteiger partial charge in [0.1, 0.15) is 6.04 Å². The van der Waals surface area contributed by atoms with Crippen LogP contribution in [0.4, 0.5) is 8.78 Å². The molecule has 2 N–H and O–H groups in total. The van der Waals surface area contributed by atoms with Crippen molar-refractivity contribution < 1.29 is 23.5 Å². The van der Waals surface area contributed by atoms with Crippen molar-refractivity contribution in [1.29, 1.82) is 0 Å². The van der Waals surface area contributed by atoms with Crippen LogP contribution in [0.1, 0.15) is 19.8 Å². The van der Waals surface area contributed by atoms with Gasteiger partial charge in [0.05, 0.1) is 5.75 Å². The van der Waals surface area contributed by atoms with Gasteiger partial charge >= 0.3 is 5.97 Å². The van der Waals surface area contributed by atoms with Crippen molar-refractivity contribution in [3.05, 3.63) is 29.8 Å². The molecule has 4 nitrogen and oxygen atoms in total. The van der Waals surface area contributed by atoms with Gasteiger partial charge in [0.25, 0.3) is 0 Å². The van der Waals surface area contributed by atoms with Gasteiger partial charge in [-0.25, -0.2) is 13.6 Å². The number of hydrogen-bond acceptors (Lipinski definition) is 3. The molecule has 0 saturated heterocycles. The quantitative estimate of drug-likeness (QED) is 0.759. The monoisotopic (exact) mass is 303 g/mol. The van der Waals surface area contributed by atoms with Gasteiger partial charge in [-0.1, -0.05) is 13.3 Å². The van der Waals surface area contributed by atoms with E-state index in [0.717, 1.165) is 23.9 Å². The number of nitrogens with one attached hydrogen (secondary N) is 1. The van der Waals surface area contributed by atoms with Crippen LogP contribution in [0.3, 0.4) is 0 Å². The highest BCUT2D eigenvalue weighted by atomic mass is 32.2. The molecule has 1 aromatic rings. The van der Waals surface area contributed by atoms with Gasteiger partial charge in [-0.05, 0) is 24.6 Å². The summed E-state index contributed by atoms with van der Waals surface area (Å²) in [6.07, 6.45) is 0.977. The number of carbonyl (C=O) groups is 2. The molecule has 0 aliphatic heterocycles. The molecule has 0 unspecified atom stereocenters. The Morgan fingerprint density at radius 2 is 2.05 bits per heavy atom. The fourth-order valence-corrected chi connectivity index (χ4v) is 2.23. The second-order valence-corrected chi connectivity index (χ2v) is 5.16. The molecule has 1 atom stereocenters. The van der Waals surface area contributed by atoms with E-state index in [9.17, 15) is 18.4 Å². The Labute approximate surface area is 119 Å². The van der Waals surface area contributed by atoms with Crippen LogP contribution < -0.4 is 5.32 Å². The molecule has 0 aliphatic rings. The highest BCUT2D eigenvalue weighted by molar-refractivity contribution is 8.00. The van der Waals surface area contributed by atoms with E-state index in [1.807, 2.05) is 6.92 Å². The van der Waals surface area contributed by atoms with Gasteiger partial charge in [-0.3, -0.25) is 4.79 Å². The van der Waals surface area contributed by atoms with Crippen molar-refractivity contribution in [3.63, 3.8) is 0 Å². The van der Waals surface area contributed by atoms with E-state index in [2.05, 4.69) is 5.32 Å². The molecule has 0 heterocycles. The summed E-state index contributed by atoms with van der Waals surface area (Å²) in [7, 11) is 0. The van der Waals surface area contributed by atoms with Crippen LogP contribution in [0.2, 0.25) is 0 Å². The highest BCUT2D eigenvalue weighted by Gasteiger charge is 2.18. The zero-order valence-corrected chi connectivity index (χ0v) is 11.7. The Morgan fingerprint density at radius 3 is 2.60 bits per heavy atom. The molecule has 110 valence electrons. The smallest absolute Gasteiger partial charge is 0.326 e. The first-order valence-electron chi connectivity index (χ1n) is 6.04. The van der Waals surface area contributed by atoms with E-state index in [-0.39, 0.29) is 5.75 Å². The molecular weight excluding hydrogens is 288 g/mol. The van der Waals surface area contributed by atoms with Crippen LogP contribution in [0.25, 0.3) is 0 Å². The summed E-state index contributed by atoms with van der Waals surface area (Å²) < 4.78 is 25.7. The average Bonchev–Trinajstić information content (AvgIpc) is 2.39. The van der Waals surface area contributed by atoms with Gasteiger partial charge in [-0.15, -0.1) is 11.8 Å². The van der Waals surface area contributed by atoms with E-state index in [1.165, 1.54) is 6.07 Å². The SMILES string of the molecule is CCC[C@@H](NC(=O)CSc1ccc(F)c(F)c1)C(=O)O. The van der Waals surface area contributed by atoms with Crippen LogP contribution in [-0.2, 0) is 9.59 Å².